The summed E-state index contributed by atoms with van der Waals surface area (Å²) in [5, 5.41) is 2.74. The summed E-state index contributed by atoms with van der Waals surface area (Å²) in [5.74, 6) is -0.00148. The number of nitrogens with one attached hydrogen (secondary N) is 1. The van der Waals surface area contributed by atoms with Crippen LogP contribution >= 0.6 is 0 Å². The topological polar surface area (TPSA) is 55.1 Å². The fourth-order valence-corrected chi connectivity index (χ4v) is 1.03. The first kappa shape index (κ1) is 9.78. The molecule has 1 aliphatic carbocycles. The first-order chi connectivity index (χ1) is 6.22. The summed E-state index contributed by atoms with van der Waals surface area (Å²) in [6.45, 7) is 1.81. The molecule has 3 heteroatoms. The summed E-state index contributed by atoms with van der Waals surface area (Å²) in [6.07, 6.45) is 6.68. The van der Waals surface area contributed by atoms with Crippen LogP contribution in [0.4, 0.5) is 0 Å². The molecule has 0 heterocycles. The molecule has 1 amide bonds. The van der Waals surface area contributed by atoms with Crippen molar-refractivity contribution in [1.82, 2.24) is 5.32 Å². The number of hydrogen-bond donors (Lipinski definition) is 2. The van der Waals surface area contributed by atoms with Crippen LogP contribution < -0.4 is 11.1 Å². The van der Waals surface area contributed by atoms with Gasteiger partial charge in [-0.05, 0) is 18.6 Å². The van der Waals surface area contributed by atoms with E-state index in [1.165, 1.54) is 0 Å². The molecular weight excluding hydrogens is 164 g/mol. The van der Waals surface area contributed by atoms with Crippen molar-refractivity contribution >= 4 is 5.91 Å². The first-order valence-electron chi connectivity index (χ1n) is 4.40. The minimum absolute atomic E-state index is 0.00148. The minimum atomic E-state index is -0.0293. The van der Waals surface area contributed by atoms with Crippen molar-refractivity contribution in [3.63, 3.8) is 0 Å². The van der Waals surface area contributed by atoms with Gasteiger partial charge in [-0.15, -0.1) is 5.73 Å². The van der Waals surface area contributed by atoms with Crippen LogP contribution in [0.3, 0.4) is 0 Å². The molecule has 1 atom stereocenters. The van der Waals surface area contributed by atoms with Crippen LogP contribution in [0.2, 0.25) is 0 Å². The SMILES string of the molecule is CCC(=O)NC1=CC(N)CC=C=C1. The molecule has 3 N–H and O–H groups in total. The van der Waals surface area contributed by atoms with Gasteiger partial charge in [0.05, 0.1) is 0 Å². The third kappa shape index (κ3) is 3.28. The molecule has 70 valence electrons. The second-order valence-corrected chi connectivity index (χ2v) is 2.94. The predicted molar refractivity (Wildman–Crippen MR) is 51.8 cm³/mol. The summed E-state index contributed by atoms with van der Waals surface area (Å²) in [4.78, 5) is 11.0. The van der Waals surface area contributed by atoms with Gasteiger partial charge in [0.15, 0.2) is 0 Å². The molecule has 0 aromatic carbocycles. The van der Waals surface area contributed by atoms with Crippen LogP contribution in [0.15, 0.2) is 29.7 Å². The van der Waals surface area contributed by atoms with Gasteiger partial charge in [0.2, 0.25) is 5.91 Å². The van der Waals surface area contributed by atoms with E-state index in [1.807, 2.05) is 19.1 Å². The Labute approximate surface area is 78.0 Å². The smallest absolute Gasteiger partial charge is 0.224 e. The van der Waals surface area contributed by atoms with E-state index in [0.717, 1.165) is 12.1 Å². The highest BCUT2D eigenvalue weighted by Gasteiger charge is 2.03. The van der Waals surface area contributed by atoms with Gasteiger partial charge in [-0.2, -0.15) is 0 Å². The number of carbonyl (C=O) groups excluding carboxylic acids is 1. The molecule has 0 radical (unpaired) electrons. The van der Waals surface area contributed by atoms with Gasteiger partial charge in [-0.1, -0.05) is 6.92 Å². The fourth-order valence-electron chi connectivity index (χ4n) is 1.03. The Morgan fingerprint density at radius 2 is 2.62 bits per heavy atom. The van der Waals surface area contributed by atoms with E-state index in [2.05, 4.69) is 11.0 Å². The molecule has 0 aliphatic heterocycles. The lowest BCUT2D eigenvalue weighted by Crippen LogP contribution is -2.23. The number of allylic oxidation sites excluding steroid dienone is 1. The van der Waals surface area contributed by atoms with Crippen LogP contribution in [0, 0.1) is 0 Å². The highest BCUT2D eigenvalue weighted by molar-refractivity contribution is 5.77. The van der Waals surface area contributed by atoms with Crippen molar-refractivity contribution in [2.75, 3.05) is 0 Å². The number of hydrogen-bond acceptors (Lipinski definition) is 2. The van der Waals surface area contributed by atoms with E-state index in [9.17, 15) is 4.79 Å². The number of amides is 1. The number of rotatable bonds is 2. The monoisotopic (exact) mass is 178 g/mol. The molecule has 0 bridgehead atoms. The van der Waals surface area contributed by atoms with Crippen LogP contribution in [0.25, 0.3) is 0 Å². The van der Waals surface area contributed by atoms with Crippen LogP contribution in [0.5, 0.6) is 0 Å². The zero-order valence-electron chi connectivity index (χ0n) is 7.71. The second kappa shape index (κ2) is 4.65. The van der Waals surface area contributed by atoms with E-state index >= 15 is 0 Å². The van der Waals surface area contributed by atoms with Gasteiger partial charge in [-0.3, -0.25) is 4.79 Å². The molecule has 3 nitrogen and oxygen atoms in total. The fraction of sp³-hybridized carbons (Fsp3) is 0.400. The molecule has 1 rings (SSSR count). The quantitative estimate of drug-likeness (QED) is 0.615. The van der Waals surface area contributed by atoms with Crippen molar-refractivity contribution in [3.05, 3.63) is 29.7 Å². The maximum Gasteiger partial charge on any atom is 0.224 e. The van der Waals surface area contributed by atoms with Crippen LogP contribution in [0.1, 0.15) is 19.8 Å². The third-order valence-corrected chi connectivity index (χ3v) is 1.75. The first-order valence-corrected chi connectivity index (χ1v) is 4.40. The summed E-state index contributed by atoms with van der Waals surface area (Å²) in [7, 11) is 0. The summed E-state index contributed by atoms with van der Waals surface area (Å²) < 4.78 is 0. The highest BCUT2D eigenvalue weighted by atomic mass is 16.1. The molecule has 1 unspecified atom stereocenters. The Morgan fingerprint density at radius 3 is 3.31 bits per heavy atom. The van der Waals surface area contributed by atoms with Gasteiger partial charge in [-0.25, -0.2) is 0 Å². The van der Waals surface area contributed by atoms with Crippen LogP contribution in [-0.4, -0.2) is 11.9 Å². The lowest BCUT2D eigenvalue weighted by Gasteiger charge is -2.05. The largest absolute Gasteiger partial charge is 0.326 e. The Bertz CT molecular complexity index is 285. The molecule has 0 aromatic heterocycles. The van der Waals surface area contributed by atoms with E-state index in [4.69, 9.17) is 5.73 Å². The van der Waals surface area contributed by atoms with Gasteiger partial charge in [0.1, 0.15) is 0 Å². The molecule has 0 saturated carbocycles. The van der Waals surface area contributed by atoms with Crippen LogP contribution in [-0.2, 0) is 4.79 Å². The zero-order chi connectivity index (χ0) is 9.68. The standard InChI is InChI=1S/C10H14N2O/c1-2-10(13)12-9-6-4-3-5-8(11)7-9/h3,6-8H,2,5,11H2,1H3,(H,12,13). The zero-order valence-corrected chi connectivity index (χ0v) is 7.71. The van der Waals surface area contributed by atoms with Gasteiger partial charge in [0.25, 0.3) is 0 Å². The lowest BCUT2D eigenvalue weighted by molar-refractivity contribution is -0.120. The summed E-state index contributed by atoms with van der Waals surface area (Å²) >= 11 is 0. The molecule has 13 heavy (non-hydrogen) atoms. The molecule has 1 aliphatic rings. The predicted octanol–water partition coefficient (Wildman–Crippen LogP) is 0.839. The summed E-state index contributed by atoms with van der Waals surface area (Å²) in [6, 6.07) is -0.0293. The molecule has 0 fully saturated rings. The van der Waals surface area contributed by atoms with Crippen molar-refractivity contribution in [1.29, 1.82) is 0 Å². The maximum atomic E-state index is 11.0. The van der Waals surface area contributed by atoms with Crippen molar-refractivity contribution in [2.24, 2.45) is 5.73 Å². The van der Waals surface area contributed by atoms with E-state index in [0.29, 0.717) is 6.42 Å². The van der Waals surface area contributed by atoms with Crippen molar-refractivity contribution in [3.8, 4) is 0 Å². The third-order valence-electron chi connectivity index (χ3n) is 1.75. The number of nitrogens with two attached hydrogens (primary N) is 1. The molecular formula is C10H14N2O. The Hall–Kier alpha value is -1.31. The van der Waals surface area contributed by atoms with Gasteiger partial charge < -0.3 is 11.1 Å². The van der Waals surface area contributed by atoms with E-state index in [1.54, 1.807) is 6.08 Å². The number of carbonyl (C=O) groups is 1. The summed E-state index contributed by atoms with van der Waals surface area (Å²) in [5.41, 5.74) is 9.41. The molecule has 0 aromatic rings. The van der Waals surface area contributed by atoms with Gasteiger partial charge in [0, 0.05) is 24.2 Å². The van der Waals surface area contributed by atoms with E-state index in [-0.39, 0.29) is 11.9 Å². The lowest BCUT2D eigenvalue weighted by atomic mass is 10.2. The Kier molecular flexibility index (Phi) is 3.50. The average Bonchev–Trinajstić information content (AvgIpc) is 2.30. The van der Waals surface area contributed by atoms with Crippen molar-refractivity contribution in [2.45, 2.75) is 25.8 Å². The Morgan fingerprint density at radius 1 is 1.85 bits per heavy atom. The average molecular weight is 178 g/mol. The maximum absolute atomic E-state index is 11.0. The molecule has 0 saturated heterocycles. The van der Waals surface area contributed by atoms with Crippen molar-refractivity contribution < 1.29 is 4.79 Å². The minimum Gasteiger partial charge on any atom is -0.326 e. The highest BCUT2D eigenvalue weighted by Crippen LogP contribution is 2.02. The normalized spacial score (nSPS) is 20.8. The molecule has 0 spiro atoms. The Balaban J connectivity index is 2.67. The van der Waals surface area contributed by atoms with E-state index < -0.39 is 0 Å². The second-order valence-electron chi connectivity index (χ2n) is 2.94. The van der Waals surface area contributed by atoms with Gasteiger partial charge >= 0.3 is 0 Å².